The van der Waals surface area contributed by atoms with E-state index in [0.29, 0.717) is 0 Å². The van der Waals surface area contributed by atoms with Crippen LogP contribution >= 0.6 is 12.2 Å². The summed E-state index contributed by atoms with van der Waals surface area (Å²) in [5, 5.41) is 0. The second-order valence-corrected chi connectivity index (χ2v) is 1.87. The van der Waals surface area contributed by atoms with E-state index in [2.05, 4.69) is 17.7 Å². The first-order valence-electron chi connectivity index (χ1n) is 2.64. The summed E-state index contributed by atoms with van der Waals surface area (Å²) in [6.45, 7) is 3.40. The third-order valence-corrected chi connectivity index (χ3v) is 1.40. The van der Waals surface area contributed by atoms with E-state index < -0.39 is 0 Å². The normalized spacial score (nSPS) is 16.6. The maximum atomic E-state index is 5.07. The van der Waals surface area contributed by atoms with Gasteiger partial charge in [0.25, 0.3) is 0 Å². The summed E-state index contributed by atoms with van der Waals surface area (Å²) in [4.78, 5) is 1.96. The first-order chi connectivity index (χ1) is 3.93. The second kappa shape index (κ2) is 8.30. The fourth-order valence-electron chi connectivity index (χ4n) is 0.655. The van der Waals surface area contributed by atoms with Crippen LogP contribution in [0.4, 0.5) is 0 Å². The van der Waals surface area contributed by atoms with Crippen molar-refractivity contribution in [2.45, 2.75) is 0 Å². The molecular formula is C5H9NNaOS2-. The smallest absolute Gasteiger partial charge is 0.813 e. The van der Waals surface area contributed by atoms with E-state index in [1.54, 1.807) is 0 Å². The first-order valence-corrected chi connectivity index (χ1v) is 3.05. The molecule has 10 heavy (non-hydrogen) atoms. The van der Waals surface area contributed by atoms with Crippen LogP contribution in [-0.4, -0.2) is 36.7 Å². The zero-order valence-electron chi connectivity index (χ0n) is 6.04. The Balaban J connectivity index is 0. The molecule has 0 atom stereocenters. The monoisotopic (exact) mass is 186 g/mol. The molecule has 1 saturated heterocycles. The molecular weight excluding hydrogens is 177 g/mol. The number of morpholine rings is 1. The van der Waals surface area contributed by atoms with Gasteiger partial charge in [0.1, 0.15) is 0 Å². The Kier molecular flexibility index (Phi) is 11.4. The first kappa shape index (κ1) is 13.8. The summed E-state index contributed by atoms with van der Waals surface area (Å²) in [6, 6.07) is 0. The van der Waals surface area contributed by atoms with Crippen LogP contribution in [0, 0.1) is 0 Å². The molecule has 2 nitrogen and oxygen atoms in total. The minimum Gasteiger partial charge on any atom is -0.813 e. The molecule has 1 heterocycles. The molecule has 1 aliphatic heterocycles. The molecule has 0 spiro atoms. The Bertz CT molecular complexity index is 87.7. The molecule has 0 aliphatic carbocycles. The van der Waals surface area contributed by atoms with Gasteiger partial charge in [0.05, 0.1) is 13.2 Å². The maximum Gasteiger partial charge on any atom is 1.00 e. The minimum atomic E-state index is 0. The summed E-state index contributed by atoms with van der Waals surface area (Å²) in [6.07, 6.45) is 0. The maximum absolute atomic E-state index is 5.07. The van der Waals surface area contributed by atoms with Gasteiger partial charge in [-0.2, -0.15) is 0 Å². The van der Waals surface area contributed by atoms with Crippen molar-refractivity contribution >= 4 is 31.2 Å². The third-order valence-electron chi connectivity index (χ3n) is 1.14. The Labute approximate surface area is 96.0 Å². The number of rotatable bonds is 1. The van der Waals surface area contributed by atoms with Crippen molar-refractivity contribution in [2.75, 3.05) is 26.3 Å². The van der Waals surface area contributed by atoms with Crippen molar-refractivity contribution in [3.05, 3.63) is 0 Å². The summed E-state index contributed by atoms with van der Waals surface area (Å²) in [5.41, 5.74) is 2.64. The molecule has 0 N–H and O–H groups in total. The zero-order chi connectivity index (χ0) is 5.82. The number of nitrogens with zero attached hydrogens (tertiary/aromatic N) is 1. The van der Waals surface area contributed by atoms with Crippen LogP contribution in [0.1, 0.15) is 0 Å². The number of thiocarbonyl (C=S) groups is 1. The largest absolute Gasteiger partial charge is 1.00 e. The van der Waals surface area contributed by atoms with Crippen molar-refractivity contribution in [3.63, 3.8) is 0 Å². The van der Waals surface area contributed by atoms with Crippen molar-refractivity contribution in [1.82, 2.24) is 4.90 Å². The van der Waals surface area contributed by atoms with Gasteiger partial charge in [0, 0.05) is 13.1 Å². The van der Waals surface area contributed by atoms with Gasteiger partial charge in [-0.25, -0.2) is 0 Å². The molecule has 0 unspecified atom stereocenters. The molecule has 1 rings (SSSR count). The van der Waals surface area contributed by atoms with E-state index in [1.807, 2.05) is 4.90 Å². The number of ether oxygens (including phenoxy) is 1. The van der Waals surface area contributed by atoms with E-state index in [9.17, 15) is 0 Å². The van der Waals surface area contributed by atoms with E-state index in [0.717, 1.165) is 26.3 Å². The Hall–Kier alpha value is 1.20. The Morgan fingerprint density at radius 3 is 2.10 bits per heavy atom. The summed E-state index contributed by atoms with van der Waals surface area (Å²) in [5.74, 6) is 0. The molecule has 0 radical (unpaired) electrons. The van der Waals surface area contributed by atoms with Gasteiger partial charge >= 0.3 is 29.6 Å². The van der Waals surface area contributed by atoms with Crippen LogP contribution in [0.15, 0.2) is 0 Å². The minimum absolute atomic E-state index is 0. The average molecular weight is 186 g/mol. The fraction of sp³-hybridized carbons (Fsp3) is 0.800. The quantitative estimate of drug-likeness (QED) is 0.141. The SMILES string of the molecule is S=[C-]N1CCOCC1.[Na+].[SH-]. The van der Waals surface area contributed by atoms with Gasteiger partial charge in [0.2, 0.25) is 0 Å². The molecule has 0 aromatic heterocycles. The second-order valence-electron chi connectivity index (χ2n) is 1.69. The average Bonchev–Trinajstić information content (AvgIpc) is 1.90. The van der Waals surface area contributed by atoms with E-state index in [4.69, 9.17) is 4.74 Å². The summed E-state index contributed by atoms with van der Waals surface area (Å²) >= 11 is 4.59. The van der Waals surface area contributed by atoms with Gasteiger partial charge in [-0.1, -0.05) is 0 Å². The van der Waals surface area contributed by atoms with Crippen LogP contribution in [0.5, 0.6) is 0 Å². The predicted octanol–water partition coefficient (Wildman–Crippen LogP) is -3.11. The van der Waals surface area contributed by atoms with Gasteiger partial charge in [-0.3, -0.25) is 0 Å². The van der Waals surface area contributed by atoms with Crippen molar-refractivity contribution in [1.29, 1.82) is 0 Å². The van der Waals surface area contributed by atoms with Crippen LogP contribution in [-0.2, 0) is 18.2 Å². The van der Waals surface area contributed by atoms with Gasteiger partial charge < -0.3 is 40.8 Å². The molecule has 0 aromatic carbocycles. The van der Waals surface area contributed by atoms with Crippen LogP contribution in [0.2, 0.25) is 0 Å². The van der Waals surface area contributed by atoms with E-state index in [1.165, 1.54) is 0 Å². The molecule has 5 heteroatoms. The molecule has 0 saturated carbocycles. The van der Waals surface area contributed by atoms with Gasteiger partial charge in [-0.05, 0) is 0 Å². The summed E-state index contributed by atoms with van der Waals surface area (Å²) in [7, 11) is 0. The van der Waals surface area contributed by atoms with Crippen molar-refractivity contribution < 1.29 is 34.3 Å². The molecule has 1 fully saturated rings. The van der Waals surface area contributed by atoms with Crippen LogP contribution in [0.3, 0.4) is 0 Å². The Morgan fingerprint density at radius 2 is 1.80 bits per heavy atom. The molecule has 0 amide bonds. The topological polar surface area (TPSA) is 12.5 Å². The van der Waals surface area contributed by atoms with Gasteiger partial charge in [0.15, 0.2) is 0 Å². The molecule has 1 aliphatic rings. The fourth-order valence-corrected chi connectivity index (χ4v) is 0.837. The van der Waals surface area contributed by atoms with Crippen molar-refractivity contribution in [2.24, 2.45) is 0 Å². The number of hydrogen-bond acceptors (Lipinski definition) is 3. The molecule has 0 aromatic rings. The standard InChI is InChI=1S/C5H8NOS.Na.H2S/c8-5-6-1-3-7-4-2-6;;/h1-4H2;;1H2/q-1;+1;/p-1. The number of hydrogen-bond donors (Lipinski definition) is 0. The van der Waals surface area contributed by atoms with Gasteiger partial charge in [-0.15, -0.1) is 0 Å². The van der Waals surface area contributed by atoms with Crippen LogP contribution in [0.25, 0.3) is 0 Å². The zero-order valence-corrected chi connectivity index (χ0v) is 9.75. The van der Waals surface area contributed by atoms with Crippen molar-refractivity contribution in [3.8, 4) is 0 Å². The summed E-state index contributed by atoms with van der Waals surface area (Å²) < 4.78 is 5.07. The molecule has 0 bridgehead atoms. The third kappa shape index (κ3) is 4.93. The van der Waals surface area contributed by atoms with E-state index >= 15 is 0 Å². The number of thiol groups is 1. The molecule has 54 valence electrons. The Morgan fingerprint density at radius 1 is 1.30 bits per heavy atom. The van der Waals surface area contributed by atoms with E-state index in [-0.39, 0.29) is 43.1 Å². The van der Waals surface area contributed by atoms with Crippen LogP contribution < -0.4 is 29.6 Å². The predicted molar refractivity (Wildman–Crippen MR) is 43.8 cm³/mol.